The number of hydrogen-bond acceptors (Lipinski definition) is 6. The van der Waals surface area contributed by atoms with Crippen molar-refractivity contribution in [3.8, 4) is 0 Å². The molecule has 0 aromatic heterocycles. The lowest BCUT2D eigenvalue weighted by molar-refractivity contribution is -0.167. The SMILES string of the molecule is CCCCCCCCCCCCCCCCCCCCCC(=O)O[C@@H](COC(=O)CCCCCCCCCCCCCC)COC(=O)CCCCCCCCCCCCCCCCC(C)CC. The summed E-state index contributed by atoms with van der Waals surface area (Å²) in [6, 6.07) is 0. The first-order chi connectivity index (χ1) is 32.9. The lowest BCUT2D eigenvalue weighted by Gasteiger charge is -2.18. The Kier molecular flexibility index (Phi) is 54.0. The van der Waals surface area contributed by atoms with Gasteiger partial charge in [0, 0.05) is 19.3 Å². The predicted octanol–water partition coefficient (Wildman–Crippen LogP) is 20.2. The van der Waals surface area contributed by atoms with E-state index in [4.69, 9.17) is 14.2 Å². The van der Waals surface area contributed by atoms with E-state index in [0.717, 1.165) is 63.7 Å². The molecule has 0 radical (unpaired) electrons. The van der Waals surface area contributed by atoms with Gasteiger partial charge in [0.05, 0.1) is 0 Å². The Balaban J connectivity index is 4.26. The highest BCUT2D eigenvalue weighted by Gasteiger charge is 2.19. The number of hydrogen-bond donors (Lipinski definition) is 0. The van der Waals surface area contributed by atoms with E-state index >= 15 is 0 Å². The van der Waals surface area contributed by atoms with E-state index < -0.39 is 6.10 Å². The van der Waals surface area contributed by atoms with Gasteiger partial charge in [-0.3, -0.25) is 14.4 Å². The Bertz CT molecular complexity index is 1010. The van der Waals surface area contributed by atoms with Crippen LogP contribution in [0.5, 0.6) is 0 Å². The van der Waals surface area contributed by atoms with Gasteiger partial charge in [-0.2, -0.15) is 0 Å². The smallest absolute Gasteiger partial charge is 0.306 e. The molecule has 6 heteroatoms. The van der Waals surface area contributed by atoms with Gasteiger partial charge in [-0.15, -0.1) is 0 Å². The minimum atomic E-state index is -0.762. The summed E-state index contributed by atoms with van der Waals surface area (Å²) in [4.78, 5) is 38.2. The van der Waals surface area contributed by atoms with Gasteiger partial charge in [-0.25, -0.2) is 0 Å². The molecule has 0 aliphatic carbocycles. The average molecular weight is 948 g/mol. The van der Waals surface area contributed by atoms with Gasteiger partial charge in [0.1, 0.15) is 13.2 Å². The second-order valence-corrected chi connectivity index (χ2v) is 21.2. The third-order valence-electron chi connectivity index (χ3n) is 14.4. The molecule has 0 rings (SSSR count). The van der Waals surface area contributed by atoms with Crippen molar-refractivity contribution >= 4 is 17.9 Å². The molecule has 398 valence electrons. The van der Waals surface area contributed by atoms with Gasteiger partial charge in [-0.1, -0.05) is 310 Å². The Labute approximate surface area is 418 Å². The van der Waals surface area contributed by atoms with Crippen LogP contribution in [0, 0.1) is 5.92 Å². The highest BCUT2D eigenvalue weighted by Crippen LogP contribution is 2.19. The summed E-state index contributed by atoms with van der Waals surface area (Å²) in [6.45, 7) is 9.11. The van der Waals surface area contributed by atoms with E-state index in [0.29, 0.717) is 19.3 Å². The van der Waals surface area contributed by atoms with Crippen molar-refractivity contribution in [1.29, 1.82) is 0 Å². The first-order valence-electron chi connectivity index (χ1n) is 30.4. The van der Waals surface area contributed by atoms with Crippen LogP contribution in [-0.2, 0) is 28.6 Å². The fraction of sp³-hybridized carbons (Fsp3) is 0.951. The van der Waals surface area contributed by atoms with Crippen LogP contribution in [0.1, 0.15) is 349 Å². The summed E-state index contributed by atoms with van der Waals surface area (Å²) in [6.07, 6.45) is 60.9. The molecule has 0 amide bonds. The van der Waals surface area contributed by atoms with Crippen molar-refractivity contribution < 1.29 is 28.6 Å². The summed E-state index contributed by atoms with van der Waals surface area (Å²) in [5.74, 6) is 0.0634. The monoisotopic (exact) mass is 947 g/mol. The second kappa shape index (κ2) is 55.3. The fourth-order valence-electron chi connectivity index (χ4n) is 9.42. The molecule has 0 saturated carbocycles. The molecule has 67 heavy (non-hydrogen) atoms. The number of carbonyl (C=O) groups excluding carboxylic acids is 3. The Morgan fingerprint density at radius 2 is 0.522 bits per heavy atom. The molecular formula is C61H118O6. The molecule has 0 saturated heterocycles. The van der Waals surface area contributed by atoms with Crippen LogP contribution >= 0.6 is 0 Å². The van der Waals surface area contributed by atoms with E-state index in [1.54, 1.807) is 0 Å². The lowest BCUT2D eigenvalue weighted by atomic mass is 9.99. The molecule has 6 nitrogen and oxygen atoms in total. The molecule has 0 aromatic rings. The molecule has 0 aromatic carbocycles. The fourth-order valence-corrected chi connectivity index (χ4v) is 9.42. The van der Waals surface area contributed by atoms with Crippen LogP contribution in [0.15, 0.2) is 0 Å². The summed E-state index contributed by atoms with van der Waals surface area (Å²) in [5, 5.41) is 0. The van der Waals surface area contributed by atoms with Crippen molar-refractivity contribution in [2.45, 2.75) is 355 Å². The third kappa shape index (κ3) is 53.6. The van der Waals surface area contributed by atoms with Gasteiger partial charge >= 0.3 is 17.9 Å². The van der Waals surface area contributed by atoms with Gasteiger partial charge in [0.15, 0.2) is 6.10 Å². The first kappa shape index (κ1) is 65.4. The maximum atomic E-state index is 12.9. The molecule has 0 N–H and O–H groups in total. The number of unbranched alkanes of at least 4 members (excludes halogenated alkanes) is 42. The maximum absolute atomic E-state index is 12.9. The molecule has 0 aliphatic rings. The minimum absolute atomic E-state index is 0.0616. The highest BCUT2D eigenvalue weighted by atomic mass is 16.6. The molecule has 2 atom stereocenters. The molecule has 0 spiro atoms. The van der Waals surface area contributed by atoms with E-state index in [2.05, 4.69) is 27.7 Å². The van der Waals surface area contributed by atoms with Crippen LogP contribution < -0.4 is 0 Å². The van der Waals surface area contributed by atoms with Gasteiger partial charge < -0.3 is 14.2 Å². The zero-order valence-corrected chi connectivity index (χ0v) is 45.9. The van der Waals surface area contributed by atoms with Crippen LogP contribution in [-0.4, -0.2) is 37.2 Å². The van der Waals surface area contributed by atoms with Crippen LogP contribution in [0.2, 0.25) is 0 Å². The minimum Gasteiger partial charge on any atom is -0.462 e. The lowest BCUT2D eigenvalue weighted by Crippen LogP contribution is -2.30. The zero-order valence-electron chi connectivity index (χ0n) is 45.9. The van der Waals surface area contributed by atoms with Crippen LogP contribution in [0.25, 0.3) is 0 Å². The van der Waals surface area contributed by atoms with Gasteiger partial charge in [-0.05, 0) is 25.2 Å². The van der Waals surface area contributed by atoms with Gasteiger partial charge in [0.25, 0.3) is 0 Å². The van der Waals surface area contributed by atoms with Crippen LogP contribution in [0.3, 0.4) is 0 Å². The topological polar surface area (TPSA) is 78.9 Å². The largest absolute Gasteiger partial charge is 0.462 e. The average Bonchev–Trinajstić information content (AvgIpc) is 3.33. The van der Waals surface area contributed by atoms with E-state index in [1.165, 1.54) is 244 Å². The zero-order chi connectivity index (χ0) is 48.8. The molecule has 0 bridgehead atoms. The normalized spacial score (nSPS) is 12.4. The van der Waals surface area contributed by atoms with Crippen molar-refractivity contribution in [1.82, 2.24) is 0 Å². The quantitative estimate of drug-likeness (QED) is 0.0343. The third-order valence-corrected chi connectivity index (χ3v) is 14.4. The highest BCUT2D eigenvalue weighted by molar-refractivity contribution is 5.71. The Morgan fingerprint density at radius 3 is 0.776 bits per heavy atom. The van der Waals surface area contributed by atoms with Crippen LogP contribution in [0.4, 0.5) is 0 Å². The number of esters is 3. The Morgan fingerprint density at radius 1 is 0.299 bits per heavy atom. The second-order valence-electron chi connectivity index (χ2n) is 21.2. The summed E-state index contributed by atoms with van der Waals surface area (Å²) < 4.78 is 16.9. The summed E-state index contributed by atoms with van der Waals surface area (Å²) in [7, 11) is 0. The maximum Gasteiger partial charge on any atom is 0.306 e. The standard InChI is InChI=1S/C61H118O6/c1-5-8-10-12-14-16-18-20-21-22-23-24-25-30-34-38-42-46-50-54-61(64)67-58(55-65-59(62)52-48-44-40-36-32-19-17-15-13-11-9-6-2)56-66-60(63)53-49-45-41-37-33-29-27-26-28-31-35-39-43-47-51-57(4)7-3/h57-58H,5-56H2,1-4H3/t57?,58-/m0/s1. The van der Waals surface area contributed by atoms with Crippen molar-refractivity contribution in [2.24, 2.45) is 5.92 Å². The van der Waals surface area contributed by atoms with Crippen molar-refractivity contribution in [2.75, 3.05) is 13.2 Å². The van der Waals surface area contributed by atoms with E-state index in [1.807, 2.05) is 0 Å². The summed E-state index contributed by atoms with van der Waals surface area (Å²) in [5.41, 5.74) is 0. The molecular weight excluding hydrogens is 829 g/mol. The molecule has 0 fully saturated rings. The molecule has 0 heterocycles. The summed E-state index contributed by atoms with van der Waals surface area (Å²) >= 11 is 0. The predicted molar refractivity (Wildman–Crippen MR) is 289 cm³/mol. The van der Waals surface area contributed by atoms with Crippen molar-refractivity contribution in [3.05, 3.63) is 0 Å². The van der Waals surface area contributed by atoms with E-state index in [-0.39, 0.29) is 31.1 Å². The molecule has 1 unspecified atom stereocenters. The van der Waals surface area contributed by atoms with Crippen molar-refractivity contribution in [3.63, 3.8) is 0 Å². The number of carbonyl (C=O) groups is 3. The van der Waals surface area contributed by atoms with E-state index in [9.17, 15) is 14.4 Å². The van der Waals surface area contributed by atoms with Gasteiger partial charge in [0.2, 0.25) is 0 Å². The number of rotatable bonds is 56. The first-order valence-corrected chi connectivity index (χ1v) is 30.4. The number of ether oxygens (including phenoxy) is 3. The molecule has 0 aliphatic heterocycles. The Hall–Kier alpha value is -1.59.